The van der Waals surface area contributed by atoms with Crippen LogP contribution in [-0.2, 0) is 5.41 Å². The minimum atomic E-state index is 0.266. The highest BCUT2D eigenvalue weighted by Crippen LogP contribution is 2.63. The lowest BCUT2D eigenvalue weighted by Crippen LogP contribution is -2.32. The molecule has 1 aromatic carbocycles. The fourth-order valence-electron chi connectivity index (χ4n) is 4.77. The Balaban J connectivity index is 1.83. The third kappa shape index (κ3) is 2.03. The summed E-state index contributed by atoms with van der Waals surface area (Å²) in [6.45, 7) is 14.3. The van der Waals surface area contributed by atoms with Gasteiger partial charge in [-0.2, -0.15) is 0 Å². The molecule has 2 aliphatic carbocycles. The van der Waals surface area contributed by atoms with Crippen molar-refractivity contribution >= 4 is 0 Å². The third-order valence-electron chi connectivity index (χ3n) is 6.68. The molecule has 2 bridgehead atoms. The topological polar surface area (TPSA) is 0 Å². The summed E-state index contributed by atoms with van der Waals surface area (Å²) in [7, 11) is 0. The van der Waals surface area contributed by atoms with Crippen molar-refractivity contribution in [1.82, 2.24) is 0 Å². The zero-order chi connectivity index (χ0) is 14.7. The fourth-order valence-corrected chi connectivity index (χ4v) is 4.77. The van der Waals surface area contributed by atoms with E-state index in [2.05, 4.69) is 65.8 Å². The lowest BCUT2D eigenvalue weighted by atomic mass is 9.65. The second kappa shape index (κ2) is 4.36. The van der Waals surface area contributed by atoms with Gasteiger partial charge in [0, 0.05) is 0 Å². The predicted molar refractivity (Wildman–Crippen MR) is 87.0 cm³/mol. The Morgan fingerprint density at radius 2 is 1.60 bits per heavy atom. The molecular weight excluding hydrogens is 240 g/mol. The molecule has 0 amide bonds. The molecule has 4 unspecified atom stereocenters. The van der Waals surface area contributed by atoms with E-state index in [4.69, 9.17) is 0 Å². The highest BCUT2D eigenvalue weighted by molar-refractivity contribution is 5.31. The van der Waals surface area contributed by atoms with Crippen molar-refractivity contribution in [2.45, 2.75) is 65.7 Å². The van der Waals surface area contributed by atoms with Gasteiger partial charge in [0.25, 0.3) is 0 Å². The van der Waals surface area contributed by atoms with Crippen LogP contribution in [0.25, 0.3) is 0 Å². The minimum absolute atomic E-state index is 0.266. The molecule has 0 aliphatic heterocycles. The summed E-state index contributed by atoms with van der Waals surface area (Å²) in [5.74, 6) is 3.54. The SMILES string of the molecule is CC1C2CC(CC2c2ccc(C(C)(C)C)cc2)C1(C)C. The molecule has 1 aromatic rings. The summed E-state index contributed by atoms with van der Waals surface area (Å²) >= 11 is 0. The van der Waals surface area contributed by atoms with Crippen molar-refractivity contribution in [1.29, 1.82) is 0 Å². The minimum Gasteiger partial charge on any atom is -0.0617 e. The van der Waals surface area contributed by atoms with Crippen LogP contribution >= 0.6 is 0 Å². The van der Waals surface area contributed by atoms with Gasteiger partial charge in [0.2, 0.25) is 0 Å². The van der Waals surface area contributed by atoms with E-state index in [1.165, 1.54) is 18.4 Å². The van der Waals surface area contributed by atoms with E-state index in [0.717, 1.165) is 23.7 Å². The first-order valence-corrected chi connectivity index (χ1v) is 8.31. The highest BCUT2D eigenvalue weighted by atomic mass is 14.6. The highest BCUT2D eigenvalue weighted by Gasteiger charge is 2.54. The molecule has 0 aromatic heterocycles. The fraction of sp³-hybridized carbons (Fsp3) is 0.700. The van der Waals surface area contributed by atoms with Crippen LogP contribution in [0.4, 0.5) is 0 Å². The maximum atomic E-state index is 2.49. The van der Waals surface area contributed by atoms with E-state index < -0.39 is 0 Å². The van der Waals surface area contributed by atoms with E-state index in [-0.39, 0.29) is 5.41 Å². The van der Waals surface area contributed by atoms with Crippen LogP contribution in [0, 0.1) is 23.2 Å². The van der Waals surface area contributed by atoms with Crippen LogP contribution in [0.15, 0.2) is 24.3 Å². The Labute approximate surface area is 125 Å². The predicted octanol–water partition coefficient (Wildman–Crippen LogP) is 5.77. The monoisotopic (exact) mass is 270 g/mol. The number of fused-ring (bicyclic) bond motifs is 2. The molecular formula is C20H30. The van der Waals surface area contributed by atoms with Crippen LogP contribution in [0.5, 0.6) is 0 Å². The van der Waals surface area contributed by atoms with Crippen LogP contribution < -0.4 is 0 Å². The van der Waals surface area contributed by atoms with Crippen molar-refractivity contribution in [3.8, 4) is 0 Å². The van der Waals surface area contributed by atoms with Gasteiger partial charge in [-0.3, -0.25) is 0 Å². The van der Waals surface area contributed by atoms with Crippen LogP contribution in [0.3, 0.4) is 0 Å². The Morgan fingerprint density at radius 3 is 2.05 bits per heavy atom. The second-order valence-corrected chi connectivity index (χ2v) is 8.92. The van der Waals surface area contributed by atoms with Gasteiger partial charge in [0.1, 0.15) is 0 Å². The zero-order valence-corrected chi connectivity index (χ0v) is 14.0. The van der Waals surface area contributed by atoms with Gasteiger partial charge >= 0.3 is 0 Å². The lowest BCUT2D eigenvalue weighted by molar-refractivity contribution is 0.122. The molecule has 0 nitrogen and oxygen atoms in total. The van der Waals surface area contributed by atoms with Crippen molar-refractivity contribution < 1.29 is 0 Å². The number of benzene rings is 1. The molecule has 0 saturated heterocycles. The molecule has 2 fully saturated rings. The van der Waals surface area contributed by atoms with Crippen molar-refractivity contribution in [2.24, 2.45) is 23.2 Å². The molecule has 3 rings (SSSR count). The first kappa shape index (κ1) is 14.2. The average molecular weight is 270 g/mol. The summed E-state index contributed by atoms with van der Waals surface area (Å²) in [4.78, 5) is 0. The first-order chi connectivity index (χ1) is 9.21. The van der Waals surface area contributed by atoms with Crippen molar-refractivity contribution in [3.63, 3.8) is 0 Å². The van der Waals surface area contributed by atoms with E-state index in [9.17, 15) is 0 Å². The normalized spacial score (nSPS) is 35.5. The average Bonchev–Trinajstić information content (AvgIpc) is 2.89. The zero-order valence-electron chi connectivity index (χ0n) is 14.0. The summed E-state index contributed by atoms with van der Waals surface area (Å²) in [6.07, 6.45) is 2.87. The Hall–Kier alpha value is -0.780. The van der Waals surface area contributed by atoms with Crippen LogP contribution in [-0.4, -0.2) is 0 Å². The number of rotatable bonds is 1. The third-order valence-corrected chi connectivity index (χ3v) is 6.68. The molecule has 0 N–H and O–H groups in total. The summed E-state index contributed by atoms with van der Waals surface area (Å²) < 4.78 is 0. The van der Waals surface area contributed by atoms with Gasteiger partial charge < -0.3 is 0 Å². The second-order valence-electron chi connectivity index (χ2n) is 8.92. The standard InChI is InChI=1S/C20H30/c1-13-17-11-16(20(13,5)6)12-18(17)14-7-9-15(10-8-14)19(2,3)4/h7-10,13,16-18H,11-12H2,1-6H3. The van der Waals surface area contributed by atoms with Crippen molar-refractivity contribution in [2.75, 3.05) is 0 Å². The molecule has 20 heavy (non-hydrogen) atoms. The van der Waals surface area contributed by atoms with E-state index in [0.29, 0.717) is 5.41 Å². The molecule has 2 aliphatic rings. The molecule has 110 valence electrons. The van der Waals surface area contributed by atoms with Gasteiger partial charge in [-0.25, -0.2) is 0 Å². The molecule has 0 heterocycles. The molecule has 0 heteroatoms. The van der Waals surface area contributed by atoms with E-state index >= 15 is 0 Å². The van der Waals surface area contributed by atoms with Crippen molar-refractivity contribution in [3.05, 3.63) is 35.4 Å². The maximum absolute atomic E-state index is 2.49. The number of hydrogen-bond donors (Lipinski definition) is 0. The van der Waals surface area contributed by atoms with Gasteiger partial charge in [-0.15, -0.1) is 0 Å². The first-order valence-electron chi connectivity index (χ1n) is 8.31. The number of hydrogen-bond acceptors (Lipinski definition) is 0. The van der Waals surface area contributed by atoms with Gasteiger partial charge in [-0.05, 0) is 58.5 Å². The van der Waals surface area contributed by atoms with Gasteiger partial charge in [0.05, 0.1) is 0 Å². The lowest BCUT2D eigenvalue weighted by Gasteiger charge is -2.40. The summed E-state index contributed by atoms with van der Waals surface area (Å²) in [6, 6.07) is 9.53. The Morgan fingerprint density at radius 1 is 1.00 bits per heavy atom. The molecule has 0 spiro atoms. The molecule has 2 saturated carbocycles. The van der Waals surface area contributed by atoms with E-state index in [1.807, 2.05) is 0 Å². The molecule has 4 atom stereocenters. The van der Waals surface area contributed by atoms with Crippen LogP contribution in [0.1, 0.15) is 71.4 Å². The quantitative estimate of drug-likeness (QED) is 0.607. The smallest absolute Gasteiger partial charge is 0.0128 e. The largest absolute Gasteiger partial charge is 0.0617 e. The van der Waals surface area contributed by atoms with Gasteiger partial charge in [-0.1, -0.05) is 65.8 Å². The Bertz CT molecular complexity index is 482. The Kier molecular flexibility index (Phi) is 3.09. The summed E-state index contributed by atoms with van der Waals surface area (Å²) in [5.41, 5.74) is 3.88. The van der Waals surface area contributed by atoms with E-state index in [1.54, 1.807) is 5.56 Å². The van der Waals surface area contributed by atoms with Gasteiger partial charge in [0.15, 0.2) is 0 Å². The summed E-state index contributed by atoms with van der Waals surface area (Å²) in [5, 5.41) is 0. The van der Waals surface area contributed by atoms with Crippen LogP contribution in [0.2, 0.25) is 0 Å². The maximum Gasteiger partial charge on any atom is -0.0128 e. The molecule has 0 radical (unpaired) electrons.